The normalized spacial score (nSPS) is 12.6. The summed E-state index contributed by atoms with van der Waals surface area (Å²) in [7, 11) is -3.95. The highest BCUT2D eigenvalue weighted by atomic mass is 32.2. The molecule has 0 aromatic heterocycles. The molecule has 0 fully saturated rings. The van der Waals surface area contributed by atoms with Gasteiger partial charge in [0, 0.05) is 5.39 Å². The molecule has 2 N–H and O–H groups in total. The Hall–Kier alpha value is -2.86. The minimum atomic E-state index is -3.95. The fraction of sp³-hybridized carbons (Fsp3) is 0.105. The van der Waals surface area contributed by atoms with E-state index in [9.17, 15) is 13.2 Å². The second-order valence-electron chi connectivity index (χ2n) is 5.67. The Bertz CT molecular complexity index is 995. The van der Waals surface area contributed by atoms with Gasteiger partial charge in [0.2, 0.25) is 10.0 Å². The third kappa shape index (κ3) is 3.80. The lowest BCUT2D eigenvalue weighted by molar-refractivity contribution is -0.137. The second kappa shape index (κ2) is 6.94. The molecule has 0 aliphatic carbocycles. The van der Waals surface area contributed by atoms with Crippen LogP contribution >= 0.6 is 0 Å². The van der Waals surface area contributed by atoms with Crippen molar-refractivity contribution in [1.29, 1.82) is 0 Å². The van der Waals surface area contributed by atoms with Gasteiger partial charge in [0.05, 0.1) is 12.1 Å². The predicted molar refractivity (Wildman–Crippen MR) is 97.9 cm³/mol. The first-order valence-electron chi connectivity index (χ1n) is 7.73. The first-order valence-corrected chi connectivity index (χ1v) is 9.28. The Labute approximate surface area is 146 Å². The van der Waals surface area contributed by atoms with E-state index in [-0.39, 0.29) is 0 Å². The number of sulfonamides is 1. The average molecular weight is 355 g/mol. The monoisotopic (exact) mass is 355 g/mol. The van der Waals surface area contributed by atoms with E-state index in [1.807, 2.05) is 30.3 Å². The van der Waals surface area contributed by atoms with Crippen LogP contribution in [0.2, 0.25) is 0 Å². The standard InChI is InChI=1S/C19H17NO4S/c21-19(22)13-18(15-8-2-1-3-9-15)25(23,24)20-17-12-6-10-14-7-4-5-11-16(14)17/h1-12,18,20H,13H2,(H,21,22)/t18-/m1/s1. The van der Waals surface area contributed by atoms with Crippen LogP contribution in [0.4, 0.5) is 5.69 Å². The number of carboxylic acid groups (broad SMARTS) is 1. The van der Waals surface area contributed by atoms with Crippen LogP contribution in [0.5, 0.6) is 0 Å². The van der Waals surface area contributed by atoms with Gasteiger partial charge in [-0.25, -0.2) is 8.42 Å². The molecule has 1 atom stereocenters. The summed E-state index contributed by atoms with van der Waals surface area (Å²) in [4.78, 5) is 11.2. The van der Waals surface area contributed by atoms with E-state index in [1.54, 1.807) is 42.5 Å². The van der Waals surface area contributed by atoms with Gasteiger partial charge in [-0.2, -0.15) is 0 Å². The quantitative estimate of drug-likeness (QED) is 0.704. The first-order chi connectivity index (χ1) is 12.0. The molecule has 0 spiro atoms. The van der Waals surface area contributed by atoms with E-state index < -0.39 is 27.7 Å². The van der Waals surface area contributed by atoms with E-state index in [4.69, 9.17) is 5.11 Å². The molecule has 5 nitrogen and oxygen atoms in total. The molecule has 0 aliphatic rings. The van der Waals surface area contributed by atoms with E-state index in [2.05, 4.69) is 4.72 Å². The van der Waals surface area contributed by atoms with Crippen LogP contribution in [0.1, 0.15) is 17.2 Å². The molecular weight excluding hydrogens is 338 g/mol. The number of fused-ring (bicyclic) bond motifs is 1. The highest BCUT2D eigenvalue weighted by Gasteiger charge is 2.30. The van der Waals surface area contributed by atoms with Gasteiger partial charge in [0.1, 0.15) is 5.25 Å². The maximum atomic E-state index is 12.9. The molecule has 3 aromatic carbocycles. The van der Waals surface area contributed by atoms with Crippen molar-refractivity contribution in [2.75, 3.05) is 4.72 Å². The maximum Gasteiger partial charge on any atom is 0.305 e. The summed E-state index contributed by atoms with van der Waals surface area (Å²) in [5, 5.41) is 9.64. The molecule has 3 aromatic rings. The van der Waals surface area contributed by atoms with E-state index >= 15 is 0 Å². The summed E-state index contributed by atoms with van der Waals surface area (Å²) in [6.45, 7) is 0. The fourth-order valence-corrected chi connectivity index (χ4v) is 4.28. The van der Waals surface area contributed by atoms with Crippen LogP contribution in [0.25, 0.3) is 10.8 Å². The highest BCUT2D eigenvalue weighted by molar-refractivity contribution is 7.93. The topological polar surface area (TPSA) is 83.5 Å². The number of carbonyl (C=O) groups is 1. The van der Waals surface area contributed by atoms with Crippen molar-refractivity contribution >= 4 is 32.5 Å². The smallest absolute Gasteiger partial charge is 0.305 e. The van der Waals surface area contributed by atoms with E-state index in [1.165, 1.54) is 0 Å². The first kappa shape index (κ1) is 17.0. The van der Waals surface area contributed by atoms with Gasteiger partial charge in [-0.05, 0) is 17.0 Å². The number of anilines is 1. The van der Waals surface area contributed by atoms with Gasteiger partial charge in [-0.3, -0.25) is 9.52 Å². The minimum Gasteiger partial charge on any atom is -0.481 e. The summed E-state index contributed by atoms with van der Waals surface area (Å²) < 4.78 is 28.4. The lowest BCUT2D eigenvalue weighted by Crippen LogP contribution is -2.23. The summed E-state index contributed by atoms with van der Waals surface area (Å²) in [5.74, 6) is -1.17. The van der Waals surface area contributed by atoms with Crippen LogP contribution < -0.4 is 4.72 Å². The van der Waals surface area contributed by atoms with Crippen molar-refractivity contribution in [2.24, 2.45) is 0 Å². The van der Waals surface area contributed by atoms with Crippen molar-refractivity contribution in [2.45, 2.75) is 11.7 Å². The van der Waals surface area contributed by atoms with Gasteiger partial charge in [-0.1, -0.05) is 66.7 Å². The molecule has 3 rings (SSSR count). The van der Waals surface area contributed by atoms with E-state index in [0.717, 1.165) is 10.8 Å². The third-order valence-corrected chi connectivity index (χ3v) is 5.64. The third-order valence-electron chi connectivity index (χ3n) is 3.95. The molecule has 0 heterocycles. The van der Waals surface area contributed by atoms with Crippen LogP contribution in [0.15, 0.2) is 72.8 Å². The molecule has 0 radical (unpaired) electrons. The molecule has 0 amide bonds. The molecule has 25 heavy (non-hydrogen) atoms. The summed E-state index contributed by atoms with van der Waals surface area (Å²) in [6, 6.07) is 21.1. The van der Waals surface area contributed by atoms with Crippen LogP contribution in [0, 0.1) is 0 Å². The molecule has 0 bridgehead atoms. The Morgan fingerprint density at radius 3 is 2.28 bits per heavy atom. The zero-order chi connectivity index (χ0) is 17.9. The molecule has 128 valence electrons. The minimum absolute atomic E-state index is 0.435. The van der Waals surface area contributed by atoms with Crippen molar-refractivity contribution < 1.29 is 18.3 Å². The summed E-state index contributed by atoms with van der Waals surface area (Å²) in [5.41, 5.74) is 0.877. The SMILES string of the molecule is O=C(O)C[C@H](c1ccccc1)S(=O)(=O)Nc1cccc2ccccc12. The van der Waals surface area contributed by atoms with Gasteiger partial charge >= 0.3 is 5.97 Å². The summed E-state index contributed by atoms with van der Waals surface area (Å²) in [6.07, 6.45) is -0.510. The van der Waals surface area contributed by atoms with Gasteiger partial charge in [-0.15, -0.1) is 0 Å². The van der Waals surface area contributed by atoms with Crippen molar-refractivity contribution in [3.05, 3.63) is 78.4 Å². The maximum absolute atomic E-state index is 12.9. The number of hydrogen-bond donors (Lipinski definition) is 2. The highest BCUT2D eigenvalue weighted by Crippen LogP contribution is 2.30. The van der Waals surface area contributed by atoms with Crippen molar-refractivity contribution in [3.8, 4) is 0 Å². The van der Waals surface area contributed by atoms with Gasteiger partial charge in [0.25, 0.3) is 0 Å². The lowest BCUT2D eigenvalue weighted by Gasteiger charge is -2.18. The number of rotatable bonds is 6. The van der Waals surface area contributed by atoms with Crippen LogP contribution in [-0.4, -0.2) is 19.5 Å². The van der Waals surface area contributed by atoms with Gasteiger partial charge in [0.15, 0.2) is 0 Å². The number of hydrogen-bond acceptors (Lipinski definition) is 3. The van der Waals surface area contributed by atoms with Crippen LogP contribution in [0.3, 0.4) is 0 Å². The average Bonchev–Trinajstić information content (AvgIpc) is 2.60. The largest absolute Gasteiger partial charge is 0.481 e. The van der Waals surface area contributed by atoms with Crippen LogP contribution in [-0.2, 0) is 14.8 Å². The number of nitrogens with one attached hydrogen (secondary N) is 1. The molecule has 0 saturated carbocycles. The number of aliphatic carboxylic acids is 1. The van der Waals surface area contributed by atoms with E-state index in [0.29, 0.717) is 11.3 Å². The molecule has 6 heteroatoms. The number of benzene rings is 3. The van der Waals surface area contributed by atoms with Crippen molar-refractivity contribution in [3.63, 3.8) is 0 Å². The number of carboxylic acids is 1. The van der Waals surface area contributed by atoms with Gasteiger partial charge < -0.3 is 5.11 Å². The fourth-order valence-electron chi connectivity index (χ4n) is 2.77. The molecular formula is C19H17NO4S. The summed E-state index contributed by atoms with van der Waals surface area (Å²) >= 11 is 0. The predicted octanol–water partition coefficient (Wildman–Crippen LogP) is 3.80. The Balaban J connectivity index is 2.02. The second-order valence-corrected chi connectivity index (χ2v) is 7.53. The Kier molecular flexibility index (Phi) is 4.72. The zero-order valence-electron chi connectivity index (χ0n) is 13.3. The zero-order valence-corrected chi connectivity index (χ0v) is 14.1. The Morgan fingerprint density at radius 1 is 0.920 bits per heavy atom. The molecule has 0 saturated heterocycles. The lowest BCUT2D eigenvalue weighted by atomic mass is 10.1. The molecule has 0 unspecified atom stereocenters. The molecule has 0 aliphatic heterocycles. The van der Waals surface area contributed by atoms with Crippen molar-refractivity contribution in [1.82, 2.24) is 0 Å². The Morgan fingerprint density at radius 2 is 1.56 bits per heavy atom.